The fraction of sp³-hybridized carbons (Fsp3) is 0.429. The summed E-state index contributed by atoms with van der Waals surface area (Å²) < 4.78 is 0. The predicted octanol–water partition coefficient (Wildman–Crippen LogP) is 0.472. The van der Waals surface area contributed by atoms with Gasteiger partial charge >= 0.3 is 6.03 Å². The summed E-state index contributed by atoms with van der Waals surface area (Å²) in [4.78, 5) is 16.0. The molecule has 0 aliphatic rings. The maximum atomic E-state index is 10.8. The van der Waals surface area contributed by atoms with Crippen molar-refractivity contribution in [3.05, 3.63) is 12.7 Å². The van der Waals surface area contributed by atoms with E-state index in [2.05, 4.69) is 16.9 Å². The maximum Gasteiger partial charge on any atom is 0.322 e. The molecule has 0 fully saturated rings. The highest BCUT2D eigenvalue weighted by molar-refractivity contribution is 5.85. The van der Waals surface area contributed by atoms with Gasteiger partial charge in [0.15, 0.2) is 0 Å². The number of hydrogen-bond donors (Lipinski definition) is 1. The number of rotatable bonds is 3. The van der Waals surface area contributed by atoms with Crippen LogP contribution < -0.4 is 5.32 Å². The first-order chi connectivity index (χ1) is 5.22. The third-order valence-electron chi connectivity index (χ3n) is 1.02. The van der Waals surface area contributed by atoms with Crippen molar-refractivity contribution in [1.29, 1.82) is 0 Å². The number of carbonyl (C=O) groups is 1. The summed E-state index contributed by atoms with van der Waals surface area (Å²) in [6, 6.07) is -0.183. The minimum absolute atomic E-state index is 0.183. The van der Waals surface area contributed by atoms with Crippen LogP contribution in [0.1, 0.15) is 0 Å². The largest absolute Gasteiger partial charge is 0.341 e. The number of carbonyl (C=O) groups excluding carboxylic acids is 1. The van der Waals surface area contributed by atoms with E-state index in [1.807, 2.05) is 0 Å². The van der Waals surface area contributed by atoms with Gasteiger partial charge in [0.1, 0.15) is 0 Å². The average Bonchev–Trinajstić information content (AvgIpc) is 2.03. The monoisotopic (exact) mass is 155 g/mol. The van der Waals surface area contributed by atoms with Gasteiger partial charge in [-0.3, -0.25) is 9.89 Å². The first-order valence-corrected chi connectivity index (χ1v) is 3.27. The van der Waals surface area contributed by atoms with Crippen LogP contribution in [-0.2, 0) is 0 Å². The molecule has 2 amide bonds. The molecule has 0 radical (unpaired) electrons. The molecular formula is C7H13N3O. The van der Waals surface area contributed by atoms with Gasteiger partial charge in [0.25, 0.3) is 0 Å². The molecule has 0 saturated heterocycles. The fourth-order valence-corrected chi connectivity index (χ4v) is 0.473. The smallest absolute Gasteiger partial charge is 0.322 e. The van der Waals surface area contributed by atoms with Crippen LogP contribution in [0.25, 0.3) is 0 Å². The van der Waals surface area contributed by atoms with E-state index < -0.39 is 0 Å². The van der Waals surface area contributed by atoms with Crippen LogP contribution in [0, 0.1) is 0 Å². The van der Waals surface area contributed by atoms with E-state index in [4.69, 9.17) is 0 Å². The Kier molecular flexibility index (Phi) is 4.81. The molecule has 1 N–H and O–H groups in total. The number of urea groups is 1. The van der Waals surface area contributed by atoms with Gasteiger partial charge in [-0.25, -0.2) is 4.79 Å². The lowest BCUT2D eigenvalue weighted by Crippen LogP contribution is -2.33. The standard InChI is InChI=1S/C7H13N3O/c1-4-5-9-6-10(3)7(11)8-2/h4,6H,1,5H2,2-3H3,(H,8,11). The maximum absolute atomic E-state index is 10.8. The van der Waals surface area contributed by atoms with E-state index >= 15 is 0 Å². The molecule has 11 heavy (non-hydrogen) atoms. The Morgan fingerprint density at radius 1 is 1.82 bits per heavy atom. The van der Waals surface area contributed by atoms with E-state index in [0.717, 1.165) is 0 Å². The van der Waals surface area contributed by atoms with Crippen LogP contribution >= 0.6 is 0 Å². The number of nitrogens with one attached hydrogen (secondary N) is 1. The molecule has 0 spiro atoms. The summed E-state index contributed by atoms with van der Waals surface area (Å²) in [5.74, 6) is 0. The van der Waals surface area contributed by atoms with Crippen LogP contribution in [0.2, 0.25) is 0 Å². The minimum Gasteiger partial charge on any atom is -0.341 e. The second-order valence-corrected chi connectivity index (χ2v) is 1.94. The molecule has 0 saturated carbocycles. The summed E-state index contributed by atoms with van der Waals surface area (Å²) in [6.45, 7) is 4.02. The molecule has 0 atom stereocenters. The lowest BCUT2D eigenvalue weighted by molar-refractivity contribution is 0.229. The van der Waals surface area contributed by atoms with Gasteiger partial charge in [0.05, 0.1) is 12.9 Å². The normalized spacial score (nSPS) is 9.64. The SMILES string of the molecule is C=CCN=CN(C)C(=O)NC. The van der Waals surface area contributed by atoms with Gasteiger partial charge in [0, 0.05) is 14.1 Å². The van der Waals surface area contributed by atoms with Gasteiger partial charge in [-0.1, -0.05) is 6.08 Å². The van der Waals surface area contributed by atoms with Crippen molar-refractivity contribution in [2.75, 3.05) is 20.6 Å². The van der Waals surface area contributed by atoms with Crippen molar-refractivity contribution in [3.63, 3.8) is 0 Å². The predicted molar refractivity (Wildman–Crippen MR) is 45.8 cm³/mol. The molecule has 0 rings (SSSR count). The van der Waals surface area contributed by atoms with E-state index in [9.17, 15) is 4.79 Å². The highest BCUT2D eigenvalue weighted by Gasteiger charge is 1.99. The fourth-order valence-electron chi connectivity index (χ4n) is 0.473. The Hall–Kier alpha value is -1.32. The van der Waals surface area contributed by atoms with Gasteiger partial charge < -0.3 is 5.32 Å². The van der Waals surface area contributed by atoms with Crippen molar-refractivity contribution in [2.45, 2.75) is 0 Å². The Balaban J connectivity index is 3.75. The van der Waals surface area contributed by atoms with Crippen LogP contribution in [0.3, 0.4) is 0 Å². The summed E-state index contributed by atoms with van der Waals surface area (Å²) in [6.07, 6.45) is 3.12. The number of nitrogens with zero attached hydrogens (tertiary/aromatic N) is 2. The van der Waals surface area contributed by atoms with Crippen LogP contribution in [0.5, 0.6) is 0 Å². The van der Waals surface area contributed by atoms with Crippen molar-refractivity contribution in [1.82, 2.24) is 10.2 Å². The molecule has 0 aromatic rings. The van der Waals surface area contributed by atoms with E-state index in [1.54, 1.807) is 20.2 Å². The Bertz CT molecular complexity index is 165. The molecule has 0 bridgehead atoms. The Labute approximate surface area is 66.6 Å². The quantitative estimate of drug-likeness (QED) is 0.359. The molecule has 62 valence electrons. The summed E-state index contributed by atoms with van der Waals surface area (Å²) in [5, 5.41) is 2.46. The lowest BCUT2D eigenvalue weighted by Gasteiger charge is -2.08. The first kappa shape index (κ1) is 9.68. The van der Waals surface area contributed by atoms with Crippen molar-refractivity contribution < 1.29 is 4.79 Å². The number of aliphatic imine (C=N–C) groups is 1. The molecular weight excluding hydrogens is 142 g/mol. The molecule has 4 nitrogen and oxygen atoms in total. The second kappa shape index (κ2) is 5.46. The average molecular weight is 155 g/mol. The van der Waals surface area contributed by atoms with Gasteiger partial charge in [-0.15, -0.1) is 6.58 Å². The van der Waals surface area contributed by atoms with Gasteiger partial charge in [-0.2, -0.15) is 0 Å². The second-order valence-electron chi connectivity index (χ2n) is 1.94. The summed E-state index contributed by atoms with van der Waals surface area (Å²) >= 11 is 0. The zero-order valence-electron chi connectivity index (χ0n) is 6.87. The minimum atomic E-state index is -0.183. The van der Waals surface area contributed by atoms with Crippen molar-refractivity contribution >= 4 is 12.4 Å². The van der Waals surface area contributed by atoms with E-state index in [1.165, 1.54) is 11.2 Å². The molecule has 0 unspecified atom stereocenters. The zero-order chi connectivity index (χ0) is 8.69. The lowest BCUT2D eigenvalue weighted by atomic mass is 10.6. The highest BCUT2D eigenvalue weighted by atomic mass is 16.2. The van der Waals surface area contributed by atoms with Crippen LogP contribution in [-0.4, -0.2) is 37.9 Å². The number of hydrogen-bond acceptors (Lipinski definition) is 2. The molecule has 0 aromatic carbocycles. The van der Waals surface area contributed by atoms with Crippen LogP contribution in [0.15, 0.2) is 17.6 Å². The van der Waals surface area contributed by atoms with Gasteiger partial charge in [-0.05, 0) is 0 Å². The topological polar surface area (TPSA) is 44.7 Å². The summed E-state index contributed by atoms with van der Waals surface area (Å²) in [5.41, 5.74) is 0. The number of amides is 2. The van der Waals surface area contributed by atoms with Gasteiger partial charge in [0.2, 0.25) is 0 Å². The molecule has 0 aliphatic carbocycles. The Morgan fingerprint density at radius 2 is 2.45 bits per heavy atom. The zero-order valence-corrected chi connectivity index (χ0v) is 6.87. The third-order valence-corrected chi connectivity index (χ3v) is 1.02. The molecule has 0 aliphatic heterocycles. The third kappa shape index (κ3) is 4.13. The van der Waals surface area contributed by atoms with Crippen molar-refractivity contribution in [3.8, 4) is 0 Å². The Morgan fingerprint density at radius 3 is 2.91 bits per heavy atom. The van der Waals surface area contributed by atoms with E-state index in [-0.39, 0.29) is 6.03 Å². The summed E-state index contributed by atoms with van der Waals surface area (Å²) in [7, 11) is 3.20. The molecule has 0 aromatic heterocycles. The van der Waals surface area contributed by atoms with Crippen LogP contribution in [0.4, 0.5) is 4.79 Å². The highest BCUT2D eigenvalue weighted by Crippen LogP contribution is 1.78. The van der Waals surface area contributed by atoms with Crippen molar-refractivity contribution in [2.24, 2.45) is 4.99 Å². The van der Waals surface area contributed by atoms with E-state index in [0.29, 0.717) is 6.54 Å². The first-order valence-electron chi connectivity index (χ1n) is 3.27. The molecule has 4 heteroatoms. The molecule has 0 heterocycles.